The number of thiazole rings is 1. The predicted octanol–water partition coefficient (Wildman–Crippen LogP) is 3.75. The van der Waals surface area contributed by atoms with Crippen molar-refractivity contribution in [1.29, 1.82) is 0 Å². The van der Waals surface area contributed by atoms with E-state index in [4.69, 9.17) is 11.6 Å². The molecule has 1 atom stereocenters. The van der Waals surface area contributed by atoms with E-state index >= 15 is 0 Å². The van der Waals surface area contributed by atoms with Crippen molar-refractivity contribution in [2.75, 3.05) is 11.9 Å². The zero-order valence-electron chi connectivity index (χ0n) is 15.4. The highest BCUT2D eigenvalue weighted by atomic mass is 35.5. The lowest BCUT2D eigenvalue weighted by molar-refractivity contribution is -0.134. The lowest BCUT2D eigenvalue weighted by Crippen LogP contribution is -2.44. The number of carbonyl (C=O) groups is 3. The molecule has 29 heavy (non-hydrogen) atoms. The standard InChI is InChI=1S/C20H17ClN4O3S/c1-2-20(12-6-4-3-5-7-12)17(27)25(19(28)24-20)11-16(26)23-18-22-14-9-8-13(21)10-15(14)29-18/h3-10H,2,11H2,1H3,(H,24,28)(H,22,23,26). The van der Waals surface area contributed by atoms with Crippen LogP contribution in [-0.4, -0.2) is 34.3 Å². The summed E-state index contributed by atoms with van der Waals surface area (Å²) in [6.45, 7) is 1.43. The van der Waals surface area contributed by atoms with E-state index in [0.717, 1.165) is 9.60 Å². The molecule has 2 heterocycles. The molecule has 1 aliphatic rings. The summed E-state index contributed by atoms with van der Waals surface area (Å²) in [6.07, 6.45) is 0.373. The maximum atomic E-state index is 13.1. The summed E-state index contributed by atoms with van der Waals surface area (Å²) < 4.78 is 0.830. The fraction of sp³-hybridized carbons (Fsp3) is 0.200. The Balaban J connectivity index is 1.51. The third-order valence-electron chi connectivity index (χ3n) is 4.87. The quantitative estimate of drug-likeness (QED) is 0.605. The summed E-state index contributed by atoms with van der Waals surface area (Å²) in [4.78, 5) is 43.3. The lowest BCUT2D eigenvalue weighted by atomic mass is 9.87. The monoisotopic (exact) mass is 428 g/mol. The van der Waals surface area contributed by atoms with Crippen molar-refractivity contribution in [2.24, 2.45) is 0 Å². The van der Waals surface area contributed by atoms with Gasteiger partial charge in [-0.15, -0.1) is 0 Å². The number of fused-ring (bicyclic) bond motifs is 1. The van der Waals surface area contributed by atoms with E-state index in [1.54, 1.807) is 42.5 Å². The summed E-state index contributed by atoms with van der Waals surface area (Å²) in [7, 11) is 0. The number of aromatic nitrogens is 1. The van der Waals surface area contributed by atoms with Crippen LogP contribution in [0.15, 0.2) is 48.5 Å². The van der Waals surface area contributed by atoms with Crippen molar-refractivity contribution < 1.29 is 14.4 Å². The molecule has 148 valence electrons. The van der Waals surface area contributed by atoms with Crippen LogP contribution in [0.2, 0.25) is 5.02 Å². The lowest BCUT2D eigenvalue weighted by Gasteiger charge is -2.25. The molecular formula is C20H17ClN4O3S. The molecule has 1 aliphatic heterocycles. The van der Waals surface area contributed by atoms with E-state index in [-0.39, 0.29) is 0 Å². The second kappa shape index (κ2) is 7.46. The van der Waals surface area contributed by atoms with Crippen molar-refractivity contribution in [1.82, 2.24) is 15.2 Å². The number of hydrogen-bond donors (Lipinski definition) is 2. The number of hydrogen-bond acceptors (Lipinski definition) is 5. The van der Waals surface area contributed by atoms with Gasteiger partial charge >= 0.3 is 6.03 Å². The van der Waals surface area contributed by atoms with Gasteiger partial charge in [0.15, 0.2) is 5.13 Å². The van der Waals surface area contributed by atoms with Crippen molar-refractivity contribution >= 4 is 56.1 Å². The first-order valence-corrected chi connectivity index (χ1v) is 10.2. The number of nitrogens with one attached hydrogen (secondary N) is 2. The molecule has 0 aliphatic carbocycles. The smallest absolute Gasteiger partial charge is 0.319 e. The number of imide groups is 1. The topological polar surface area (TPSA) is 91.4 Å². The van der Waals surface area contributed by atoms with Crippen LogP contribution < -0.4 is 10.6 Å². The molecular weight excluding hydrogens is 412 g/mol. The predicted molar refractivity (Wildman–Crippen MR) is 112 cm³/mol. The van der Waals surface area contributed by atoms with E-state index in [1.165, 1.54) is 11.3 Å². The van der Waals surface area contributed by atoms with Gasteiger partial charge in [0.25, 0.3) is 5.91 Å². The Labute approximate surface area is 175 Å². The van der Waals surface area contributed by atoms with Crippen LogP contribution in [0, 0.1) is 0 Å². The van der Waals surface area contributed by atoms with E-state index in [1.807, 2.05) is 13.0 Å². The molecule has 0 spiro atoms. The van der Waals surface area contributed by atoms with Crippen molar-refractivity contribution in [3.8, 4) is 0 Å². The van der Waals surface area contributed by atoms with Crippen LogP contribution in [0.25, 0.3) is 10.2 Å². The van der Waals surface area contributed by atoms with E-state index in [0.29, 0.717) is 27.7 Å². The average Bonchev–Trinajstić information content (AvgIpc) is 3.21. The molecule has 0 bridgehead atoms. The number of rotatable bonds is 5. The Morgan fingerprint density at radius 2 is 2.00 bits per heavy atom. The maximum absolute atomic E-state index is 13.1. The first-order valence-electron chi connectivity index (χ1n) is 8.98. The fourth-order valence-electron chi connectivity index (χ4n) is 3.39. The van der Waals surface area contributed by atoms with E-state index in [9.17, 15) is 14.4 Å². The van der Waals surface area contributed by atoms with Gasteiger partial charge in [0, 0.05) is 5.02 Å². The number of urea groups is 1. The first kappa shape index (κ1) is 19.4. The molecule has 2 aromatic carbocycles. The highest BCUT2D eigenvalue weighted by Gasteiger charge is 2.51. The van der Waals surface area contributed by atoms with Gasteiger partial charge < -0.3 is 10.6 Å². The van der Waals surface area contributed by atoms with Gasteiger partial charge in [0.1, 0.15) is 12.1 Å². The number of carbonyl (C=O) groups excluding carboxylic acids is 3. The molecule has 1 aromatic heterocycles. The molecule has 0 radical (unpaired) electrons. The van der Waals surface area contributed by atoms with Crippen molar-refractivity contribution in [3.05, 3.63) is 59.1 Å². The van der Waals surface area contributed by atoms with E-state index < -0.39 is 29.9 Å². The molecule has 4 amide bonds. The molecule has 3 aromatic rings. The van der Waals surface area contributed by atoms with Crippen LogP contribution in [0.1, 0.15) is 18.9 Å². The molecule has 1 fully saturated rings. The van der Waals surface area contributed by atoms with E-state index in [2.05, 4.69) is 15.6 Å². The Hall–Kier alpha value is -2.97. The van der Waals surface area contributed by atoms with Crippen LogP contribution in [0.3, 0.4) is 0 Å². The Kier molecular flexibility index (Phi) is 4.97. The summed E-state index contributed by atoms with van der Waals surface area (Å²) in [5.74, 6) is -0.943. The summed E-state index contributed by atoms with van der Waals surface area (Å²) in [5, 5.41) is 6.37. The number of benzene rings is 2. The molecule has 2 N–H and O–H groups in total. The van der Waals surface area contributed by atoms with Gasteiger partial charge in [0.2, 0.25) is 5.91 Å². The molecule has 1 unspecified atom stereocenters. The SMILES string of the molecule is CCC1(c2ccccc2)NC(=O)N(CC(=O)Nc2nc3ccc(Cl)cc3s2)C1=O. The average molecular weight is 429 g/mol. The maximum Gasteiger partial charge on any atom is 0.325 e. The highest BCUT2D eigenvalue weighted by molar-refractivity contribution is 7.22. The summed E-state index contributed by atoms with van der Waals surface area (Å²) in [6, 6.07) is 13.7. The molecule has 4 rings (SSSR count). The molecule has 1 saturated heterocycles. The van der Waals surface area contributed by atoms with Crippen molar-refractivity contribution in [3.63, 3.8) is 0 Å². The first-order chi connectivity index (χ1) is 13.9. The van der Waals surface area contributed by atoms with Crippen LogP contribution in [-0.2, 0) is 15.1 Å². The fourth-order valence-corrected chi connectivity index (χ4v) is 4.54. The number of amides is 4. The van der Waals surface area contributed by atoms with Gasteiger partial charge in [-0.25, -0.2) is 9.78 Å². The Bertz CT molecular complexity index is 1120. The largest absolute Gasteiger partial charge is 0.325 e. The minimum atomic E-state index is -1.16. The minimum absolute atomic E-state index is 0.373. The van der Waals surface area contributed by atoms with Crippen LogP contribution in [0.4, 0.5) is 9.93 Å². The third-order valence-corrected chi connectivity index (χ3v) is 6.04. The second-order valence-electron chi connectivity index (χ2n) is 6.63. The number of halogens is 1. The van der Waals surface area contributed by atoms with Gasteiger partial charge in [0.05, 0.1) is 10.2 Å². The molecule has 9 heteroatoms. The van der Waals surface area contributed by atoms with Crippen molar-refractivity contribution in [2.45, 2.75) is 18.9 Å². The minimum Gasteiger partial charge on any atom is -0.319 e. The van der Waals surface area contributed by atoms with Gasteiger partial charge in [-0.05, 0) is 30.2 Å². The van der Waals surface area contributed by atoms with Gasteiger partial charge in [-0.2, -0.15) is 0 Å². The third kappa shape index (κ3) is 3.45. The summed E-state index contributed by atoms with van der Waals surface area (Å²) in [5.41, 5.74) is 0.233. The number of nitrogens with zero attached hydrogens (tertiary/aromatic N) is 2. The molecule has 7 nitrogen and oxygen atoms in total. The molecule has 0 saturated carbocycles. The summed E-state index contributed by atoms with van der Waals surface area (Å²) >= 11 is 7.24. The van der Waals surface area contributed by atoms with Crippen LogP contribution in [0.5, 0.6) is 0 Å². The number of anilines is 1. The van der Waals surface area contributed by atoms with Crippen LogP contribution >= 0.6 is 22.9 Å². The zero-order valence-corrected chi connectivity index (χ0v) is 17.0. The highest BCUT2D eigenvalue weighted by Crippen LogP contribution is 2.32. The Morgan fingerprint density at radius 3 is 2.72 bits per heavy atom. The van der Waals surface area contributed by atoms with Gasteiger partial charge in [-0.3, -0.25) is 14.5 Å². The second-order valence-corrected chi connectivity index (χ2v) is 8.09. The normalized spacial score (nSPS) is 18.9. The zero-order chi connectivity index (χ0) is 20.6. The van der Waals surface area contributed by atoms with Gasteiger partial charge in [-0.1, -0.05) is 60.2 Å². The Morgan fingerprint density at radius 1 is 1.24 bits per heavy atom.